The Morgan fingerprint density at radius 2 is 2.07 bits per heavy atom. The number of nitrogens with one attached hydrogen (secondary N) is 2. The summed E-state index contributed by atoms with van der Waals surface area (Å²) in [5, 5.41) is 11.8. The molecule has 0 atom stereocenters. The average Bonchev–Trinajstić information content (AvgIpc) is 3.18. The van der Waals surface area contributed by atoms with Gasteiger partial charge in [-0.15, -0.1) is 16.4 Å². The minimum absolute atomic E-state index is 0.0323. The Balaban J connectivity index is 1.93. The van der Waals surface area contributed by atoms with Crippen molar-refractivity contribution in [3.8, 4) is 0 Å². The molecular weight excluding hydrogens is 382 g/mol. The Morgan fingerprint density at radius 3 is 2.85 bits per heavy atom. The summed E-state index contributed by atoms with van der Waals surface area (Å²) in [5.74, 6) is -0.396. The summed E-state index contributed by atoms with van der Waals surface area (Å²) >= 11 is 6.09. The van der Waals surface area contributed by atoms with Crippen molar-refractivity contribution in [1.82, 2.24) is 10.4 Å². The number of nitrogens with two attached hydrogens (primary N) is 1. The molecule has 1 amide bonds. The lowest BCUT2D eigenvalue weighted by atomic mass is 10.0. The van der Waals surface area contributed by atoms with Crippen molar-refractivity contribution >= 4 is 61.4 Å². The Bertz CT molecular complexity index is 1230. The zero-order chi connectivity index (χ0) is 18.8. The maximum atomic E-state index is 12.8. The number of nitrogens with zero attached hydrogens (tertiary/aromatic N) is 2. The Labute approximate surface area is 162 Å². The molecule has 2 heterocycles. The zero-order valence-corrected chi connectivity index (χ0v) is 15.4. The van der Waals surface area contributed by atoms with Crippen LogP contribution in [0, 0.1) is 0 Å². The first-order valence-electron chi connectivity index (χ1n) is 7.87. The molecule has 0 spiro atoms. The van der Waals surface area contributed by atoms with E-state index in [9.17, 15) is 4.79 Å². The van der Waals surface area contributed by atoms with Gasteiger partial charge in [0.1, 0.15) is 11.1 Å². The largest absolute Gasteiger partial charge is 0.436 e. The monoisotopic (exact) mass is 395 g/mol. The average molecular weight is 395 g/mol. The van der Waals surface area contributed by atoms with Crippen molar-refractivity contribution in [3.05, 3.63) is 65.2 Å². The molecule has 134 valence electrons. The van der Waals surface area contributed by atoms with E-state index in [2.05, 4.69) is 20.8 Å². The SMILES string of the molecule is NC(=S)N/N=c1/oc2ccc3ccccc3c2cc1C(=O)Nc1nccs1. The smallest absolute Gasteiger partial charge is 0.263 e. The van der Waals surface area contributed by atoms with Crippen molar-refractivity contribution in [2.75, 3.05) is 5.32 Å². The van der Waals surface area contributed by atoms with Gasteiger partial charge in [-0.2, -0.15) is 0 Å². The van der Waals surface area contributed by atoms with Crippen LogP contribution in [0.1, 0.15) is 10.4 Å². The summed E-state index contributed by atoms with van der Waals surface area (Å²) in [6.07, 6.45) is 1.61. The van der Waals surface area contributed by atoms with Gasteiger partial charge < -0.3 is 10.2 Å². The molecule has 9 heteroatoms. The molecule has 7 nitrogen and oxygen atoms in total. The maximum absolute atomic E-state index is 12.8. The molecule has 4 rings (SSSR count). The molecule has 0 radical (unpaired) electrons. The fourth-order valence-corrected chi connectivity index (χ4v) is 3.25. The van der Waals surface area contributed by atoms with E-state index in [-0.39, 0.29) is 16.2 Å². The number of aromatic nitrogens is 1. The Morgan fingerprint density at radius 1 is 1.22 bits per heavy atom. The number of hydrogen-bond donors (Lipinski definition) is 3. The molecule has 2 aromatic carbocycles. The van der Waals surface area contributed by atoms with Crippen LogP contribution in [0.15, 0.2) is 63.6 Å². The maximum Gasteiger partial charge on any atom is 0.263 e. The van der Waals surface area contributed by atoms with E-state index < -0.39 is 5.91 Å². The number of carbonyl (C=O) groups is 1. The molecular formula is C18H13N5O2S2. The van der Waals surface area contributed by atoms with Gasteiger partial charge in [-0.1, -0.05) is 30.3 Å². The highest BCUT2D eigenvalue weighted by molar-refractivity contribution is 7.80. The van der Waals surface area contributed by atoms with Crippen LogP contribution < -0.4 is 22.0 Å². The van der Waals surface area contributed by atoms with E-state index in [0.29, 0.717) is 10.7 Å². The standard InChI is InChI=1S/C18H13N5O2S2/c19-17(26)23-22-16-13(15(24)21-18-20-7-8-27-18)9-12-11-4-2-1-3-10(11)5-6-14(12)25-16/h1-9H,(H3,19,23,26)(H,20,21,24)/b22-16+. The fourth-order valence-electron chi connectivity index (χ4n) is 2.68. The number of thiazole rings is 1. The van der Waals surface area contributed by atoms with E-state index in [0.717, 1.165) is 16.2 Å². The normalized spacial score (nSPS) is 11.6. The second-order valence-corrected chi connectivity index (χ2v) is 6.88. The number of benzene rings is 2. The van der Waals surface area contributed by atoms with Crippen molar-refractivity contribution in [3.63, 3.8) is 0 Å². The van der Waals surface area contributed by atoms with Crippen molar-refractivity contribution in [2.45, 2.75) is 0 Å². The predicted octanol–water partition coefficient (Wildman–Crippen LogP) is 2.94. The Kier molecular flexibility index (Phi) is 4.53. The lowest BCUT2D eigenvalue weighted by Crippen LogP contribution is -2.29. The number of hydrogen-bond acceptors (Lipinski definition) is 6. The molecule has 0 fully saturated rings. The third-order valence-electron chi connectivity index (χ3n) is 3.82. The third-order valence-corrected chi connectivity index (χ3v) is 4.60. The van der Waals surface area contributed by atoms with Gasteiger partial charge in [0.15, 0.2) is 10.2 Å². The van der Waals surface area contributed by atoms with Gasteiger partial charge in [0, 0.05) is 17.0 Å². The van der Waals surface area contributed by atoms with Crippen LogP contribution in [0.5, 0.6) is 0 Å². The minimum atomic E-state index is -0.396. The van der Waals surface area contributed by atoms with Crippen LogP contribution in [0.3, 0.4) is 0 Å². The predicted molar refractivity (Wildman–Crippen MR) is 109 cm³/mol. The van der Waals surface area contributed by atoms with Crippen molar-refractivity contribution in [2.24, 2.45) is 10.8 Å². The summed E-state index contributed by atoms with van der Waals surface area (Å²) in [4.78, 5) is 16.9. The first-order chi connectivity index (χ1) is 13.1. The highest BCUT2D eigenvalue weighted by Crippen LogP contribution is 2.25. The second kappa shape index (κ2) is 7.14. The number of carbonyl (C=O) groups excluding carboxylic acids is 1. The number of anilines is 1. The van der Waals surface area contributed by atoms with Gasteiger partial charge in [-0.05, 0) is 35.1 Å². The summed E-state index contributed by atoms with van der Waals surface area (Å²) in [7, 11) is 0. The van der Waals surface area contributed by atoms with E-state index in [1.807, 2.05) is 36.4 Å². The molecule has 2 aromatic heterocycles. The van der Waals surface area contributed by atoms with Gasteiger partial charge >= 0.3 is 0 Å². The third kappa shape index (κ3) is 3.50. The molecule has 0 aliphatic rings. The van der Waals surface area contributed by atoms with Crippen molar-refractivity contribution < 1.29 is 9.21 Å². The van der Waals surface area contributed by atoms with Gasteiger partial charge in [0.2, 0.25) is 5.55 Å². The van der Waals surface area contributed by atoms with Gasteiger partial charge in [-0.3, -0.25) is 15.5 Å². The molecule has 4 aromatic rings. The van der Waals surface area contributed by atoms with E-state index >= 15 is 0 Å². The minimum Gasteiger partial charge on any atom is -0.436 e. The van der Waals surface area contributed by atoms with Crippen LogP contribution in [0.2, 0.25) is 0 Å². The molecule has 0 unspecified atom stereocenters. The highest BCUT2D eigenvalue weighted by atomic mass is 32.1. The Hall–Kier alpha value is -3.30. The van der Waals surface area contributed by atoms with Crippen molar-refractivity contribution in [1.29, 1.82) is 0 Å². The second-order valence-electron chi connectivity index (χ2n) is 5.54. The number of fused-ring (bicyclic) bond motifs is 3. The zero-order valence-electron chi connectivity index (χ0n) is 13.8. The lowest BCUT2D eigenvalue weighted by Gasteiger charge is -2.07. The molecule has 27 heavy (non-hydrogen) atoms. The van der Waals surface area contributed by atoms with Gasteiger partial charge in [0.25, 0.3) is 5.91 Å². The van der Waals surface area contributed by atoms with Crippen LogP contribution >= 0.6 is 23.6 Å². The quantitative estimate of drug-likeness (QED) is 0.280. The van der Waals surface area contributed by atoms with Gasteiger partial charge in [-0.25, -0.2) is 4.98 Å². The summed E-state index contributed by atoms with van der Waals surface area (Å²) in [6, 6.07) is 13.4. The molecule has 0 saturated carbocycles. The molecule has 0 aliphatic heterocycles. The van der Waals surface area contributed by atoms with E-state index in [1.54, 1.807) is 17.6 Å². The summed E-state index contributed by atoms with van der Waals surface area (Å²) in [5.41, 5.74) is 8.79. The molecule has 0 aliphatic carbocycles. The first kappa shape index (κ1) is 17.1. The van der Waals surface area contributed by atoms with Gasteiger partial charge in [0.05, 0.1) is 0 Å². The number of rotatable bonds is 3. The topological polar surface area (TPSA) is 106 Å². The molecule has 4 N–H and O–H groups in total. The first-order valence-corrected chi connectivity index (χ1v) is 9.16. The van der Waals surface area contributed by atoms with E-state index in [1.165, 1.54) is 11.3 Å². The van der Waals surface area contributed by atoms with Crippen LogP contribution in [-0.2, 0) is 0 Å². The lowest BCUT2D eigenvalue weighted by molar-refractivity contribution is 0.102. The van der Waals surface area contributed by atoms with Crippen LogP contribution in [0.25, 0.3) is 21.7 Å². The van der Waals surface area contributed by atoms with E-state index in [4.69, 9.17) is 22.4 Å². The highest BCUT2D eigenvalue weighted by Gasteiger charge is 2.15. The molecule has 0 saturated heterocycles. The summed E-state index contributed by atoms with van der Waals surface area (Å²) < 4.78 is 5.87. The van der Waals surface area contributed by atoms with Crippen LogP contribution in [0.4, 0.5) is 5.13 Å². The molecule has 0 bridgehead atoms. The fraction of sp³-hybridized carbons (Fsp3) is 0. The number of amides is 1. The number of thiocarbonyl (C=S) groups is 1. The van der Waals surface area contributed by atoms with Crippen LogP contribution in [-0.4, -0.2) is 16.0 Å². The summed E-state index contributed by atoms with van der Waals surface area (Å²) in [6.45, 7) is 0.